The van der Waals surface area contributed by atoms with Gasteiger partial charge in [-0.05, 0) is 6.92 Å². The molecule has 0 rings (SSSR count). The molecule has 1 atom stereocenters. The maximum atomic E-state index is 11.0. The van der Waals surface area contributed by atoms with Crippen LogP contribution in [-0.2, 0) is 19.0 Å². The van der Waals surface area contributed by atoms with Gasteiger partial charge in [-0.15, -0.1) is 0 Å². The van der Waals surface area contributed by atoms with Crippen LogP contribution in [0, 0.1) is 0 Å². The second-order valence-electron chi connectivity index (χ2n) is 2.21. The average Bonchev–Trinajstić information content (AvgIpc) is 2.14. The summed E-state index contributed by atoms with van der Waals surface area (Å²) >= 11 is 0. The van der Waals surface area contributed by atoms with E-state index in [0.29, 0.717) is 0 Å². The Morgan fingerprint density at radius 1 is 1.43 bits per heavy atom. The summed E-state index contributed by atoms with van der Waals surface area (Å²) in [7, 11) is 0. The summed E-state index contributed by atoms with van der Waals surface area (Å²) in [6, 6.07) is 0. The molecule has 0 spiro atoms. The summed E-state index contributed by atoms with van der Waals surface area (Å²) in [6.45, 7) is 7.95. The molecule has 0 heterocycles. The molecule has 0 radical (unpaired) electrons. The zero-order chi connectivity index (χ0) is 11.0. The van der Waals surface area contributed by atoms with Gasteiger partial charge in [0.1, 0.15) is 6.61 Å². The lowest BCUT2D eigenvalue weighted by atomic mass is 10.4. The van der Waals surface area contributed by atoms with Gasteiger partial charge >= 0.3 is 12.1 Å². The number of rotatable bonds is 5. The van der Waals surface area contributed by atoms with Gasteiger partial charge in [-0.25, -0.2) is 9.59 Å². The Balaban J connectivity index is 3.87. The largest absolute Gasteiger partial charge is 0.514 e. The van der Waals surface area contributed by atoms with Crippen molar-refractivity contribution < 1.29 is 23.8 Å². The van der Waals surface area contributed by atoms with E-state index in [2.05, 4.69) is 27.4 Å². The quantitative estimate of drug-likeness (QED) is 0.381. The molecule has 0 aromatic rings. The van der Waals surface area contributed by atoms with Crippen molar-refractivity contribution in [3.05, 3.63) is 25.5 Å². The first-order valence-corrected chi connectivity index (χ1v) is 3.87. The molecule has 0 bridgehead atoms. The predicted octanol–water partition coefficient (Wildman–Crippen LogP) is 1.40. The van der Waals surface area contributed by atoms with Crippen LogP contribution in [0.3, 0.4) is 0 Å². The third-order valence-electron chi connectivity index (χ3n) is 1.13. The summed E-state index contributed by atoms with van der Waals surface area (Å²) in [5.41, 5.74) is 0. The van der Waals surface area contributed by atoms with Crippen LogP contribution >= 0.6 is 0 Å². The molecule has 0 aromatic heterocycles. The van der Waals surface area contributed by atoms with Crippen LogP contribution < -0.4 is 0 Å². The molecule has 0 fully saturated rings. The van der Waals surface area contributed by atoms with Gasteiger partial charge in [-0.1, -0.05) is 19.2 Å². The van der Waals surface area contributed by atoms with Gasteiger partial charge in [0.15, 0.2) is 6.10 Å². The van der Waals surface area contributed by atoms with E-state index in [9.17, 15) is 9.59 Å². The standard InChI is InChI=1S/C9H12O5/c1-4-6-13-8(10)7(3)14-9(11)12-5-2/h4-5,7H,1-2,6H2,3H3. The Kier molecular flexibility index (Phi) is 5.85. The van der Waals surface area contributed by atoms with Crippen LogP contribution in [-0.4, -0.2) is 24.8 Å². The maximum Gasteiger partial charge on any atom is 0.514 e. The zero-order valence-corrected chi connectivity index (χ0v) is 7.89. The molecule has 5 nitrogen and oxygen atoms in total. The van der Waals surface area contributed by atoms with Crippen LogP contribution in [0.5, 0.6) is 0 Å². The fourth-order valence-electron chi connectivity index (χ4n) is 0.547. The van der Waals surface area contributed by atoms with E-state index in [1.807, 2.05) is 0 Å². The molecule has 1 unspecified atom stereocenters. The van der Waals surface area contributed by atoms with E-state index >= 15 is 0 Å². The van der Waals surface area contributed by atoms with Crippen molar-refractivity contribution in [2.24, 2.45) is 0 Å². The minimum Gasteiger partial charge on any atom is -0.459 e. The molecule has 0 amide bonds. The number of carbonyl (C=O) groups excluding carboxylic acids is 2. The number of hydrogen-bond donors (Lipinski definition) is 0. The predicted molar refractivity (Wildman–Crippen MR) is 48.4 cm³/mol. The van der Waals surface area contributed by atoms with Gasteiger partial charge in [0, 0.05) is 0 Å². The number of carbonyl (C=O) groups is 2. The lowest BCUT2D eigenvalue weighted by Gasteiger charge is -2.10. The Hall–Kier alpha value is -1.78. The Morgan fingerprint density at radius 3 is 2.57 bits per heavy atom. The lowest BCUT2D eigenvalue weighted by molar-refractivity contribution is -0.152. The van der Waals surface area contributed by atoms with Crippen molar-refractivity contribution in [2.45, 2.75) is 13.0 Å². The molecule has 0 aliphatic heterocycles. The average molecular weight is 200 g/mol. The van der Waals surface area contributed by atoms with Crippen molar-refractivity contribution in [2.75, 3.05) is 6.61 Å². The topological polar surface area (TPSA) is 61.8 Å². The van der Waals surface area contributed by atoms with Crippen molar-refractivity contribution in [3.8, 4) is 0 Å². The SMILES string of the molecule is C=CCOC(=O)C(C)OC(=O)OC=C. The first kappa shape index (κ1) is 12.2. The van der Waals surface area contributed by atoms with Gasteiger partial charge in [-0.2, -0.15) is 0 Å². The summed E-state index contributed by atoms with van der Waals surface area (Å²) < 4.78 is 13.4. The molecule has 0 saturated carbocycles. The summed E-state index contributed by atoms with van der Waals surface area (Å²) in [5, 5.41) is 0. The molecule has 78 valence electrons. The van der Waals surface area contributed by atoms with E-state index in [-0.39, 0.29) is 6.61 Å². The van der Waals surface area contributed by atoms with Crippen molar-refractivity contribution in [1.29, 1.82) is 0 Å². The highest BCUT2D eigenvalue weighted by atomic mass is 16.7. The van der Waals surface area contributed by atoms with Crippen LogP contribution in [0.15, 0.2) is 25.5 Å². The monoisotopic (exact) mass is 200 g/mol. The first-order chi connectivity index (χ1) is 6.61. The Morgan fingerprint density at radius 2 is 2.07 bits per heavy atom. The third kappa shape index (κ3) is 4.97. The molecule has 5 heteroatoms. The fraction of sp³-hybridized carbons (Fsp3) is 0.333. The highest BCUT2D eigenvalue weighted by Crippen LogP contribution is 1.97. The van der Waals surface area contributed by atoms with E-state index in [1.54, 1.807) is 0 Å². The normalized spacial score (nSPS) is 10.9. The summed E-state index contributed by atoms with van der Waals surface area (Å²) in [6.07, 6.45) is 0.307. The minimum absolute atomic E-state index is 0.0725. The number of hydrogen-bond acceptors (Lipinski definition) is 5. The van der Waals surface area contributed by atoms with Gasteiger partial charge in [0.2, 0.25) is 0 Å². The fourth-order valence-corrected chi connectivity index (χ4v) is 0.547. The molecule has 0 saturated heterocycles. The van der Waals surface area contributed by atoms with Crippen LogP contribution in [0.2, 0.25) is 0 Å². The molecule has 0 N–H and O–H groups in total. The number of esters is 1. The first-order valence-electron chi connectivity index (χ1n) is 3.87. The van der Waals surface area contributed by atoms with Gasteiger partial charge in [0.05, 0.1) is 6.26 Å². The minimum atomic E-state index is -1.01. The van der Waals surface area contributed by atoms with Crippen LogP contribution in [0.1, 0.15) is 6.92 Å². The van der Waals surface area contributed by atoms with E-state index in [0.717, 1.165) is 6.26 Å². The third-order valence-corrected chi connectivity index (χ3v) is 1.13. The molecular weight excluding hydrogens is 188 g/mol. The lowest BCUT2D eigenvalue weighted by Crippen LogP contribution is -2.26. The van der Waals surface area contributed by atoms with Gasteiger partial charge in [0.25, 0.3) is 0 Å². The summed E-state index contributed by atoms with van der Waals surface area (Å²) in [5.74, 6) is -0.661. The van der Waals surface area contributed by atoms with Crippen molar-refractivity contribution in [3.63, 3.8) is 0 Å². The van der Waals surface area contributed by atoms with E-state index in [4.69, 9.17) is 0 Å². The second-order valence-corrected chi connectivity index (χ2v) is 2.21. The van der Waals surface area contributed by atoms with E-state index < -0.39 is 18.2 Å². The maximum absolute atomic E-state index is 11.0. The number of ether oxygens (including phenoxy) is 3. The smallest absolute Gasteiger partial charge is 0.459 e. The molecule has 0 aromatic carbocycles. The molecular formula is C9H12O5. The Labute approximate surface area is 81.9 Å². The van der Waals surface area contributed by atoms with Crippen LogP contribution in [0.25, 0.3) is 0 Å². The molecule has 14 heavy (non-hydrogen) atoms. The van der Waals surface area contributed by atoms with Gasteiger partial charge < -0.3 is 14.2 Å². The molecule has 0 aliphatic carbocycles. The highest BCUT2D eigenvalue weighted by Gasteiger charge is 2.19. The summed E-state index contributed by atoms with van der Waals surface area (Å²) in [4.78, 5) is 21.7. The zero-order valence-electron chi connectivity index (χ0n) is 7.89. The Bertz CT molecular complexity index is 233. The van der Waals surface area contributed by atoms with Crippen molar-refractivity contribution in [1.82, 2.24) is 0 Å². The highest BCUT2D eigenvalue weighted by molar-refractivity contribution is 5.77. The van der Waals surface area contributed by atoms with Crippen molar-refractivity contribution >= 4 is 12.1 Å². The second kappa shape index (κ2) is 6.71. The van der Waals surface area contributed by atoms with Crippen LogP contribution in [0.4, 0.5) is 4.79 Å². The molecule has 0 aliphatic rings. The van der Waals surface area contributed by atoms with Gasteiger partial charge in [-0.3, -0.25) is 0 Å². The van der Waals surface area contributed by atoms with E-state index in [1.165, 1.54) is 13.0 Å².